The van der Waals surface area contributed by atoms with E-state index in [1.54, 1.807) is 4.90 Å². The van der Waals surface area contributed by atoms with Crippen molar-refractivity contribution in [2.75, 3.05) is 26.3 Å². The Bertz CT molecular complexity index is 358. The van der Waals surface area contributed by atoms with Crippen LogP contribution in [0.15, 0.2) is 0 Å². The first kappa shape index (κ1) is 17.9. The fourth-order valence-corrected chi connectivity index (χ4v) is 2.57. The summed E-state index contributed by atoms with van der Waals surface area (Å²) in [5.74, 6) is -0.0132. The molecule has 1 aliphatic heterocycles. The zero-order valence-corrected chi connectivity index (χ0v) is 13.6. The Labute approximate surface area is 127 Å². The standard InChI is InChI=1S/C15H29N3O3/c1-10(2)7-12(8-16)15(20)18-5-6-21-9-13(18)14(19)17-11(3)4/h10-13H,5-9,16H2,1-4H3,(H,17,19). The number of nitrogens with zero attached hydrogens (tertiary/aromatic N) is 1. The first-order chi connectivity index (χ1) is 9.86. The van der Waals surface area contributed by atoms with E-state index in [9.17, 15) is 9.59 Å². The molecule has 0 bridgehead atoms. The van der Waals surface area contributed by atoms with Crippen molar-refractivity contribution in [3.8, 4) is 0 Å². The summed E-state index contributed by atoms with van der Waals surface area (Å²) in [5.41, 5.74) is 5.75. The van der Waals surface area contributed by atoms with Crippen LogP contribution in [0.3, 0.4) is 0 Å². The van der Waals surface area contributed by atoms with Crippen LogP contribution in [0.4, 0.5) is 0 Å². The van der Waals surface area contributed by atoms with Gasteiger partial charge >= 0.3 is 0 Å². The molecule has 2 atom stereocenters. The first-order valence-corrected chi connectivity index (χ1v) is 7.75. The van der Waals surface area contributed by atoms with Gasteiger partial charge in [0.05, 0.1) is 19.1 Å². The molecule has 0 aromatic carbocycles. The Morgan fingerprint density at radius 2 is 2.00 bits per heavy atom. The molecule has 0 aromatic rings. The van der Waals surface area contributed by atoms with Gasteiger partial charge < -0.3 is 20.7 Å². The Balaban J connectivity index is 2.79. The lowest BCUT2D eigenvalue weighted by Gasteiger charge is -2.37. The summed E-state index contributed by atoms with van der Waals surface area (Å²) in [6.45, 7) is 9.41. The Morgan fingerprint density at radius 1 is 1.33 bits per heavy atom. The average Bonchev–Trinajstić information content (AvgIpc) is 2.43. The fourth-order valence-electron chi connectivity index (χ4n) is 2.57. The summed E-state index contributed by atoms with van der Waals surface area (Å²) >= 11 is 0. The lowest BCUT2D eigenvalue weighted by atomic mass is 9.95. The van der Waals surface area contributed by atoms with Crippen LogP contribution in [0.5, 0.6) is 0 Å². The van der Waals surface area contributed by atoms with Crippen molar-refractivity contribution in [3.63, 3.8) is 0 Å². The molecule has 3 N–H and O–H groups in total. The van der Waals surface area contributed by atoms with Crippen LogP contribution >= 0.6 is 0 Å². The highest BCUT2D eigenvalue weighted by Gasteiger charge is 2.35. The highest BCUT2D eigenvalue weighted by atomic mass is 16.5. The quantitative estimate of drug-likeness (QED) is 0.741. The molecule has 0 aliphatic carbocycles. The van der Waals surface area contributed by atoms with Crippen molar-refractivity contribution in [1.82, 2.24) is 10.2 Å². The number of carbonyl (C=O) groups is 2. The van der Waals surface area contributed by atoms with Crippen molar-refractivity contribution in [2.24, 2.45) is 17.6 Å². The number of nitrogens with one attached hydrogen (secondary N) is 1. The second-order valence-corrected chi connectivity index (χ2v) is 6.35. The summed E-state index contributed by atoms with van der Waals surface area (Å²) in [7, 11) is 0. The number of rotatable bonds is 6. The number of morpholine rings is 1. The SMILES string of the molecule is CC(C)CC(CN)C(=O)N1CCOCC1C(=O)NC(C)C. The summed E-state index contributed by atoms with van der Waals surface area (Å²) < 4.78 is 5.37. The molecule has 0 aromatic heterocycles. The normalized spacial score (nSPS) is 20.7. The van der Waals surface area contributed by atoms with Crippen molar-refractivity contribution in [2.45, 2.75) is 46.2 Å². The maximum Gasteiger partial charge on any atom is 0.245 e. The molecular formula is C15H29N3O3. The van der Waals surface area contributed by atoms with Gasteiger partial charge in [-0.25, -0.2) is 0 Å². The second kappa shape index (κ2) is 8.34. The topological polar surface area (TPSA) is 84.7 Å². The number of hydrogen-bond acceptors (Lipinski definition) is 4. The van der Waals surface area contributed by atoms with Gasteiger partial charge in [0, 0.05) is 19.1 Å². The van der Waals surface area contributed by atoms with Gasteiger partial charge in [-0.05, 0) is 26.2 Å². The first-order valence-electron chi connectivity index (χ1n) is 7.75. The zero-order valence-electron chi connectivity index (χ0n) is 13.6. The Morgan fingerprint density at radius 3 is 2.52 bits per heavy atom. The van der Waals surface area contributed by atoms with Crippen molar-refractivity contribution < 1.29 is 14.3 Å². The van der Waals surface area contributed by atoms with E-state index in [0.717, 1.165) is 6.42 Å². The predicted molar refractivity (Wildman–Crippen MR) is 81.6 cm³/mol. The van der Waals surface area contributed by atoms with Gasteiger partial charge in [-0.1, -0.05) is 13.8 Å². The van der Waals surface area contributed by atoms with E-state index in [1.807, 2.05) is 13.8 Å². The van der Waals surface area contributed by atoms with E-state index in [0.29, 0.717) is 25.6 Å². The molecule has 1 rings (SSSR count). The van der Waals surface area contributed by atoms with E-state index in [1.165, 1.54) is 0 Å². The maximum atomic E-state index is 12.7. The lowest BCUT2D eigenvalue weighted by Crippen LogP contribution is -2.58. The third-order valence-electron chi connectivity index (χ3n) is 3.53. The van der Waals surface area contributed by atoms with E-state index in [2.05, 4.69) is 19.2 Å². The third-order valence-corrected chi connectivity index (χ3v) is 3.53. The van der Waals surface area contributed by atoms with Crippen LogP contribution in [0.25, 0.3) is 0 Å². The number of amides is 2. The number of nitrogens with two attached hydrogens (primary N) is 1. The van der Waals surface area contributed by atoms with E-state index < -0.39 is 6.04 Å². The van der Waals surface area contributed by atoms with Gasteiger partial charge in [0.1, 0.15) is 6.04 Å². The van der Waals surface area contributed by atoms with Crippen LogP contribution in [0.1, 0.15) is 34.1 Å². The predicted octanol–water partition coefficient (Wildman–Crippen LogP) is 0.359. The number of carbonyl (C=O) groups excluding carboxylic acids is 2. The minimum atomic E-state index is -0.546. The highest BCUT2D eigenvalue weighted by molar-refractivity contribution is 5.89. The molecule has 1 saturated heterocycles. The summed E-state index contributed by atoms with van der Waals surface area (Å²) in [6.07, 6.45) is 0.741. The molecule has 6 nitrogen and oxygen atoms in total. The monoisotopic (exact) mass is 299 g/mol. The smallest absolute Gasteiger partial charge is 0.245 e. The largest absolute Gasteiger partial charge is 0.377 e. The molecule has 122 valence electrons. The van der Waals surface area contributed by atoms with Crippen LogP contribution in [0, 0.1) is 11.8 Å². The molecule has 0 radical (unpaired) electrons. The van der Waals surface area contributed by atoms with Crippen molar-refractivity contribution >= 4 is 11.8 Å². The minimum Gasteiger partial charge on any atom is -0.377 e. The number of ether oxygens (including phenoxy) is 1. The van der Waals surface area contributed by atoms with E-state index in [4.69, 9.17) is 10.5 Å². The van der Waals surface area contributed by atoms with Crippen LogP contribution in [0.2, 0.25) is 0 Å². The lowest BCUT2D eigenvalue weighted by molar-refractivity contribution is -0.152. The molecule has 21 heavy (non-hydrogen) atoms. The van der Waals surface area contributed by atoms with E-state index >= 15 is 0 Å². The summed E-state index contributed by atoms with van der Waals surface area (Å²) in [6, 6.07) is -0.507. The molecule has 1 heterocycles. The molecule has 2 amide bonds. The van der Waals surface area contributed by atoms with Crippen LogP contribution in [-0.2, 0) is 14.3 Å². The average molecular weight is 299 g/mol. The molecule has 2 unspecified atom stereocenters. The number of hydrogen-bond donors (Lipinski definition) is 2. The van der Waals surface area contributed by atoms with Gasteiger partial charge in [0.2, 0.25) is 11.8 Å². The van der Waals surface area contributed by atoms with Gasteiger partial charge in [0.25, 0.3) is 0 Å². The zero-order chi connectivity index (χ0) is 16.0. The minimum absolute atomic E-state index is 0.0293. The summed E-state index contributed by atoms with van der Waals surface area (Å²) in [5, 5.41) is 2.85. The fraction of sp³-hybridized carbons (Fsp3) is 0.867. The van der Waals surface area contributed by atoms with Gasteiger partial charge in [-0.15, -0.1) is 0 Å². The van der Waals surface area contributed by atoms with Gasteiger partial charge in [-0.2, -0.15) is 0 Å². The summed E-state index contributed by atoms with van der Waals surface area (Å²) in [4.78, 5) is 26.6. The van der Waals surface area contributed by atoms with Gasteiger partial charge in [0.15, 0.2) is 0 Å². The van der Waals surface area contributed by atoms with E-state index in [-0.39, 0.29) is 30.4 Å². The molecule has 1 aliphatic rings. The van der Waals surface area contributed by atoms with Crippen LogP contribution in [-0.4, -0.2) is 55.1 Å². The molecule has 6 heteroatoms. The third kappa shape index (κ3) is 5.28. The Kier molecular flexibility index (Phi) is 7.11. The Hall–Kier alpha value is -1.14. The highest BCUT2D eigenvalue weighted by Crippen LogP contribution is 2.17. The molecule has 0 saturated carbocycles. The molecule has 0 spiro atoms. The van der Waals surface area contributed by atoms with Crippen molar-refractivity contribution in [3.05, 3.63) is 0 Å². The maximum absolute atomic E-state index is 12.7. The van der Waals surface area contributed by atoms with Crippen LogP contribution < -0.4 is 11.1 Å². The van der Waals surface area contributed by atoms with Crippen molar-refractivity contribution in [1.29, 1.82) is 0 Å². The molecule has 1 fully saturated rings. The van der Waals surface area contributed by atoms with Gasteiger partial charge in [-0.3, -0.25) is 9.59 Å². The molecular weight excluding hydrogens is 270 g/mol. The second-order valence-electron chi connectivity index (χ2n) is 6.35.